The van der Waals surface area contributed by atoms with Crippen LogP contribution in [0.15, 0.2) is 81.8 Å². The maximum Gasteiger partial charge on any atom is 0.291 e. The Bertz CT molecular complexity index is 1370. The van der Waals surface area contributed by atoms with E-state index in [1.807, 2.05) is 43.3 Å². The molecule has 0 saturated heterocycles. The summed E-state index contributed by atoms with van der Waals surface area (Å²) in [5.74, 6) is 0.900. The molecule has 0 aliphatic heterocycles. The molecule has 0 radical (unpaired) electrons. The maximum atomic E-state index is 12.8. The Morgan fingerprint density at radius 2 is 1.81 bits per heavy atom. The highest BCUT2D eigenvalue weighted by Gasteiger charge is 2.17. The lowest BCUT2D eigenvalue weighted by molar-refractivity contribution is 0.0997. The number of nitrogens with zero attached hydrogens (tertiary/aromatic N) is 2. The number of carbonyl (C=O) groups excluding carboxylic acids is 1. The fourth-order valence-electron chi connectivity index (χ4n) is 3.30. The first-order valence-corrected chi connectivity index (χ1v) is 9.95. The number of anilines is 1. The maximum absolute atomic E-state index is 12.8. The molecule has 31 heavy (non-hydrogen) atoms. The van der Waals surface area contributed by atoms with Crippen LogP contribution in [0.5, 0.6) is 0 Å². The van der Waals surface area contributed by atoms with Gasteiger partial charge in [0.15, 0.2) is 17.0 Å². The number of nitrogens with one attached hydrogen (secondary N) is 1. The number of oxazole rings is 1. The van der Waals surface area contributed by atoms with Crippen molar-refractivity contribution in [1.82, 2.24) is 9.97 Å². The van der Waals surface area contributed by atoms with Crippen molar-refractivity contribution in [1.29, 1.82) is 0 Å². The van der Waals surface area contributed by atoms with E-state index in [1.54, 1.807) is 36.5 Å². The van der Waals surface area contributed by atoms with Gasteiger partial charge in [0.2, 0.25) is 5.89 Å². The van der Waals surface area contributed by atoms with Gasteiger partial charge in [0.25, 0.3) is 5.91 Å². The molecule has 7 heteroatoms. The summed E-state index contributed by atoms with van der Waals surface area (Å²) < 4.78 is 11.6. The van der Waals surface area contributed by atoms with Gasteiger partial charge in [-0.05, 0) is 73.2 Å². The Morgan fingerprint density at radius 3 is 2.61 bits per heavy atom. The van der Waals surface area contributed by atoms with Crippen LogP contribution in [0.25, 0.3) is 34.0 Å². The summed E-state index contributed by atoms with van der Waals surface area (Å²) >= 11 is 5.93. The van der Waals surface area contributed by atoms with Gasteiger partial charge in [0.1, 0.15) is 5.76 Å². The smallest absolute Gasteiger partial charge is 0.291 e. The molecule has 0 unspecified atom stereocenters. The van der Waals surface area contributed by atoms with E-state index in [2.05, 4.69) is 15.3 Å². The van der Waals surface area contributed by atoms with Gasteiger partial charge in [-0.3, -0.25) is 4.79 Å². The second-order valence-corrected chi connectivity index (χ2v) is 7.38. The predicted octanol–water partition coefficient (Wildman–Crippen LogP) is 6.36. The first-order valence-electron chi connectivity index (χ1n) is 9.57. The van der Waals surface area contributed by atoms with Crippen molar-refractivity contribution in [3.05, 3.63) is 89.3 Å². The van der Waals surface area contributed by atoms with Crippen molar-refractivity contribution in [3.63, 3.8) is 0 Å². The van der Waals surface area contributed by atoms with E-state index in [0.717, 1.165) is 16.7 Å². The number of fused-ring (bicyclic) bond motifs is 1. The lowest BCUT2D eigenvalue weighted by Crippen LogP contribution is -2.12. The molecule has 0 fully saturated rings. The molecule has 0 atom stereocenters. The Labute approximate surface area is 182 Å². The molecule has 2 aromatic carbocycles. The van der Waals surface area contributed by atoms with Gasteiger partial charge in [0.05, 0.1) is 0 Å². The quantitative estimate of drug-likeness (QED) is 0.359. The highest BCUT2D eigenvalue weighted by atomic mass is 35.5. The number of rotatable bonds is 4. The minimum absolute atomic E-state index is 0.209. The van der Waals surface area contributed by atoms with Gasteiger partial charge in [-0.25, -0.2) is 4.98 Å². The fourth-order valence-corrected chi connectivity index (χ4v) is 3.43. The third kappa shape index (κ3) is 3.69. The highest BCUT2D eigenvalue weighted by Crippen LogP contribution is 2.30. The molecule has 1 amide bonds. The van der Waals surface area contributed by atoms with Crippen molar-refractivity contribution in [2.75, 3.05) is 5.32 Å². The van der Waals surface area contributed by atoms with Crippen molar-refractivity contribution in [3.8, 4) is 22.8 Å². The van der Waals surface area contributed by atoms with Gasteiger partial charge < -0.3 is 14.2 Å². The number of pyridine rings is 1. The molecule has 0 aliphatic rings. The van der Waals surface area contributed by atoms with Crippen molar-refractivity contribution >= 4 is 34.4 Å². The van der Waals surface area contributed by atoms with E-state index in [-0.39, 0.29) is 11.7 Å². The summed E-state index contributed by atoms with van der Waals surface area (Å²) in [4.78, 5) is 21.4. The highest BCUT2D eigenvalue weighted by molar-refractivity contribution is 6.30. The first-order chi connectivity index (χ1) is 15.1. The molecule has 5 rings (SSSR count). The molecule has 3 aromatic heterocycles. The zero-order valence-corrected chi connectivity index (χ0v) is 17.2. The number of benzene rings is 2. The van der Waals surface area contributed by atoms with E-state index in [4.69, 9.17) is 20.4 Å². The number of halogens is 1. The average Bonchev–Trinajstić information content (AvgIpc) is 3.43. The monoisotopic (exact) mass is 429 g/mol. The van der Waals surface area contributed by atoms with Crippen LogP contribution < -0.4 is 5.32 Å². The standard InChI is InChI=1S/C24H16ClN3O3/c1-14-17(24-28-22-20(31-24)6-3-13-26-22)4-2-5-18(14)27-23(29)21-12-11-19(30-21)15-7-9-16(25)10-8-15/h2-13H,1H3,(H,27,29). The van der Waals surface area contributed by atoms with Crippen LogP contribution in [0.2, 0.25) is 5.02 Å². The average molecular weight is 430 g/mol. The molecule has 5 aromatic rings. The number of hydrogen-bond donors (Lipinski definition) is 1. The van der Waals surface area contributed by atoms with Gasteiger partial charge in [-0.15, -0.1) is 0 Å². The number of aromatic nitrogens is 2. The van der Waals surface area contributed by atoms with Crippen molar-refractivity contribution in [2.45, 2.75) is 6.92 Å². The van der Waals surface area contributed by atoms with Gasteiger partial charge in [-0.2, -0.15) is 4.98 Å². The Hall–Kier alpha value is -3.90. The van der Waals surface area contributed by atoms with Gasteiger partial charge in [0, 0.05) is 28.0 Å². The zero-order chi connectivity index (χ0) is 21.4. The lowest BCUT2D eigenvalue weighted by atomic mass is 10.1. The topological polar surface area (TPSA) is 81.2 Å². The molecular weight excluding hydrogens is 414 g/mol. The zero-order valence-electron chi connectivity index (χ0n) is 16.4. The Balaban J connectivity index is 1.41. The minimum atomic E-state index is -0.348. The largest absolute Gasteiger partial charge is 0.451 e. The van der Waals surface area contributed by atoms with Crippen LogP contribution in [-0.4, -0.2) is 15.9 Å². The third-order valence-electron chi connectivity index (χ3n) is 4.94. The predicted molar refractivity (Wildman–Crippen MR) is 119 cm³/mol. The van der Waals surface area contributed by atoms with E-state index in [0.29, 0.717) is 33.6 Å². The normalized spacial score (nSPS) is 11.0. The second-order valence-electron chi connectivity index (χ2n) is 6.95. The summed E-state index contributed by atoms with van der Waals surface area (Å²) in [6.07, 6.45) is 1.67. The van der Waals surface area contributed by atoms with Crippen molar-refractivity contribution < 1.29 is 13.6 Å². The number of furan rings is 1. The van der Waals surface area contributed by atoms with Crippen LogP contribution in [0.4, 0.5) is 5.69 Å². The fraction of sp³-hybridized carbons (Fsp3) is 0.0417. The number of carbonyl (C=O) groups is 1. The van der Waals surface area contributed by atoms with Crippen LogP contribution in [-0.2, 0) is 0 Å². The molecule has 152 valence electrons. The summed E-state index contributed by atoms with van der Waals surface area (Å²) in [5, 5.41) is 3.54. The lowest BCUT2D eigenvalue weighted by Gasteiger charge is -2.10. The Kier molecular flexibility index (Phi) is 4.76. The molecule has 0 bridgehead atoms. The van der Waals surface area contributed by atoms with Crippen LogP contribution in [0, 0.1) is 6.92 Å². The molecule has 0 spiro atoms. The van der Waals surface area contributed by atoms with E-state index < -0.39 is 0 Å². The Morgan fingerprint density at radius 1 is 0.968 bits per heavy atom. The molecule has 0 saturated carbocycles. The van der Waals surface area contributed by atoms with Crippen LogP contribution in [0.3, 0.4) is 0 Å². The SMILES string of the molecule is Cc1c(NC(=O)c2ccc(-c3ccc(Cl)cc3)o2)cccc1-c1nc2ncccc2o1. The third-order valence-corrected chi connectivity index (χ3v) is 5.19. The summed E-state index contributed by atoms with van der Waals surface area (Å²) in [5.41, 5.74) is 4.23. The second kappa shape index (κ2) is 7.74. The van der Waals surface area contributed by atoms with Crippen LogP contribution in [0.1, 0.15) is 16.1 Å². The minimum Gasteiger partial charge on any atom is -0.451 e. The van der Waals surface area contributed by atoms with E-state index >= 15 is 0 Å². The molecule has 1 N–H and O–H groups in total. The molecule has 0 aliphatic carbocycles. The molecule has 6 nitrogen and oxygen atoms in total. The number of hydrogen-bond acceptors (Lipinski definition) is 5. The summed E-state index contributed by atoms with van der Waals surface area (Å²) in [6, 6.07) is 19.8. The molecular formula is C24H16ClN3O3. The van der Waals surface area contributed by atoms with E-state index in [1.165, 1.54) is 0 Å². The number of amides is 1. The first kappa shape index (κ1) is 19.1. The van der Waals surface area contributed by atoms with Gasteiger partial charge in [-0.1, -0.05) is 17.7 Å². The van der Waals surface area contributed by atoms with E-state index in [9.17, 15) is 4.79 Å². The van der Waals surface area contributed by atoms with Gasteiger partial charge >= 0.3 is 0 Å². The summed E-state index contributed by atoms with van der Waals surface area (Å²) in [7, 11) is 0. The summed E-state index contributed by atoms with van der Waals surface area (Å²) in [6.45, 7) is 1.90. The van der Waals surface area contributed by atoms with Crippen LogP contribution >= 0.6 is 11.6 Å². The van der Waals surface area contributed by atoms with Crippen molar-refractivity contribution in [2.24, 2.45) is 0 Å². The molecule has 3 heterocycles.